The van der Waals surface area contributed by atoms with Crippen molar-refractivity contribution >= 4 is 24.0 Å². The van der Waals surface area contributed by atoms with Crippen LogP contribution in [0.15, 0.2) is 18.2 Å². The summed E-state index contributed by atoms with van der Waals surface area (Å²) in [6, 6.07) is 5.03. The number of aryl methyl sites for hydroxylation is 1. The van der Waals surface area contributed by atoms with Gasteiger partial charge in [0, 0.05) is 0 Å². The summed E-state index contributed by atoms with van der Waals surface area (Å²) >= 11 is 0. The highest BCUT2D eigenvalue weighted by Crippen LogP contribution is 2.24. The number of carbonyl (C=O) groups is 1. The fourth-order valence-corrected chi connectivity index (χ4v) is 1.48. The molecule has 1 atom stereocenters. The fraction of sp³-hybridized carbons (Fsp3) is 0.364. The van der Waals surface area contributed by atoms with Crippen molar-refractivity contribution in [2.45, 2.75) is 19.4 Å². The van der Waals surface area contributed by atoms with E-state index in [0.29, 0.717) is 5.69 Å². The second-order valence-corrected chi connectivity index (χ2v) is 3.81. The zero-order valence-corrected chi connectivity index (χ0v) is 9.80. The molecule has 4 nitrogen and oxygen atoms in total. The first-order valence-corrected chi connectivity index (χ1v) is 5.00. The molecule has 1 saturated heterocycles. The van der Waals surface area contributed by atoms with Gasteiger partial charge in [-0.05, 0) is 37.6 Å². The van der Waals surface area contributed by atoms with Crippen LogP contribution in [0.5, 0.6) is 5.75 Å². The third kappa shape index (κ3) is 2.65. The summed E-state index contributed by atoms with van der Waals surface area (Å²) in [7, 11) is 0. The maximum atomic E-state index is 11.6. The first kappa shape index (κ1) is 12.8. The maximum Gasteiger partial charge on any atom is 0.241 e. The molecule has 1 aliphatic rings. The summed E-state index contributed by atoms with van der Waals surface area (Å²) < 4.78 is 0. The summed E-state index contributed by atoms with van der Waals surface area (Å²) in [5, 5.41) is 15.2. The van der Waals surface area contributed by atoms with E-state index < -0.39 is 0 Å². The topological polar surface area (TPSA) is 61.4 Å². The highest BCUT2D eigenvalue weighted by molar-refractivity contribution is 5.96. The van der Waals surface area contributed by atoms with Crippen molar-refractivity contribution in [3.8, 4) is 5.75 Å². The van der Waals surface area contributed by atoms with E-state index >= 15 is 0 Å². The third-order valence-electron chi connectivity index (χ3n) is 2.55. The molecule has 88 valence electrons. The summed E-state index contributed by atoms with van der Waals surface area (Å²) in [5.74, 6) is 0.0235. The standard InChI is InChI=1S/C11H14N2O2.ClH/c1-7-2-3-10(14)9(6-7)13-11(15)8-4-5-12-8;/h2-3,6,8,12,14H,4-5H2,1H3,(H,13,15);1H/t8-;/m1./s1. The molecule has 0 radical (unpaired) electrons. The van der Waals surface area contributed by atoms with Crippen LogP contribution in [0.2, 0.25) is 0 Å². The van der Waals surface area contributed by atoms with Crippen molar-refractivity contribution in [2.24, 2.45) is 0 Å². The fourth-order valence-electron chi connectivity index (χ4n) is 1.48. The lowest BCUT2D eigenvalue weighted by atomic mass is 10.1. The molecule has 1 aromatic carbocycles. The average Bonchev–Trinajstić information content (AvgIpc) is 2.08. The van der Waals surface area contributed by atoms with Crippen molar-refractivity contribution in [3.05, 3.63) is 23.8 Å². The van der Waals surface area contributed by atoms with E-state index in [2.05, 4.69) is 10.6 Å². The van der Waals surface area contributed by atoms with E-state index in [1.807, 2.05) is 6.92 Å². The Morgan fingerprint density at radius 2 is 2.25 bits per heavy atom. The molecular formula is C11H15ClN2O2. The lowest BCUT2D eigenvalue weighted by Crippen LogP contribution is -2.50. The van der Waals surface area contributed by atoms with Gasteiger partial charge < -0.3 is 15.7 Å². The Kier molecular flexibility index (Phi) is 4.15. The molecule has 3 N–H and O–H groups in total. The van der Waals surface area contributed by atoms with Crippen molar-refractivity contribution in [2.75, 3.05) is 11.9 Å². The van der Waals surface area contributed by atoms with Crippen LogP contribution in [0, 0.1) is 6.92 Å². The average molecular weight is 243 g/mol. The summed E-state index contributed by atoms with van der Waals surface area (Å²) in [5.41, 5.74) is 1.48. The highest BCUT2D eigenvalue weighted by atomic mass is 35.5. The summed E-state index contributed by atoms with van der Waals surface area (Å²) in [6.07, 6.45) is 0.860. The van der Waals surface area contributed by atoms with Crippen molar-refractivity contribution in [3.63, 3.8) is 0 Å². The molecule has 2 rings (SSSR count). The second-order valence-electron chi connectivity index (χ2n) is 3.81. The first-order chi connectivity index (χ1) is 7.16. The predicted molar refractivity (Wildman–Crippen MR) is 65.1 cm³/mol. The monoisotopic (exact) mass is 242 g/mol. The number of amides is 1. The Balaban J connectivity index is 0.00000128. The number of aromatic hydroxyl groups is 1. The van der Waals surface area contributed by atoms with E-state index in [0.717, 1.165) is 18.5 Å². The largest absolute Gasteiger partial charge is 0.506 e. The normalized spacial score (nSPS) is 18.2. The number of hydrogen-bond donors (Lipinski definition) is 3. The quantitative estimate of drug-likeness (QED) is 0.688. The highest BCUT2D eigenvalue weighted by Gasteiger charge is 2.24. The number of phenols is 1. The number of rotatable bonds is 2. The van der Waals surface area contributed by atoms with Crippen LogP contribution in [0.4, 0.5) is 5.69 Å². The molecule has 0 aliphatic carbocycles. The summed E-state index contributed by atoms with van der Waals surface area (Å²) in [4.78, 5) is 11.6. The molecule has 0 saturated carbocycles. The van der Waals surface area contributed by atoms with E-state index in [1.54, 1.807) is 18.2 Å². The van der Waals surface area contributed by atoms with Gasteiger partial charge in [0.1, 0.15) is 5.75 Å². The van der Waals surface area contributed by atoms with Crippen molar-refractivity contribution in [1.29, 1.82) is 0 Å². The Labute approximate surface area is 100 Å². The Morgan fingerprint density at radius 1 is 1.56 bits per heavy atom. The molecule has 1 heterocycles. The van der Waals surface area contributed by atoms with Crippen LogP contribution in [0.1, 0.15) is 12.0 Å². The van der Waals surface area contributed by atoms with Crippen LogP contribution in [0.25, 0.3) is 0 Å². The molecule has 1 fully saturated rings. The van der Waals surface area contributed by atoms with Crippen LogP contribution in [0.3, 0.4) is 0 Å². The first-order valence-electron chi connectivity index (χ1n) is 5.00. The van der Waals surface area contributed by atoms with Gasteiger partial charge in [-0.2, -0.15) is 0 Å². The number of hydrogen-bond acceptors (Lipinski definition) is 3. The van der Waals surface area contributed by atoms with E-state index in [1.165, 1.54) is 0 Å². The minimum Gasteiger partial charge on any atom is -0.506 e. The molecule has 1 aliphatic heterocycles. The minimum atomic E-state index is -0.107. The molecule has 0 spiro atoms. The van der Waals surface area contributed by atoms with Gasteiger partial charge >= 0.3 is 0 Å². The van der Waals surface area contributed by atoms with Crippen molar-refractivity contribution in [1.82, 2.24) is 5.32 Å². The summed E-state index contributed by atoms with van der Waals surface area (Å²) in [6.45, 7) is 2.80. The zero-order chi connectivity index (χ0) is 10.8. The van der Waals surface area contributed by atoms with Gasteiger partial charge in [0.15, 0.2) is 0 Å². The SMILES string of the molecule is Cc1ccc(O)c(NC(=O)[C@H]2CCN2)c1.Cl. The number of phenolic OH excluding ortho intramolecular Hbond substituents is 1. The molecular weight excluding hydrogens is 228 g/mol. The lowest BCUT2D eigenvalue weighted by Gasteiger charge is -2.26. The van der Waals surface area contributed by atoms with E-state index in [9.17, 15) is 9.90 Å². The van der Waals surface area contributed by atoms with Gasteiger partial charge in [-0.15, -0.1) is 12.4 Å². The van der Waals surface area contributed by atoms with Crippen LogP contribution in [-0.4, -0.2) is 23.6 Å². The van der Waals surface area contributed by atoms with E-state index in [4.69, 9.17) is 0 Å². The number of benzene rings is 1. The van der Waals surface area contributed by atoms with Gasteiger partial charge in [-0.25, -0.2) is 0 Å². The van der Waals surface area contributed by atoms with Crippen molar-refractivity contribution < 1.29 is 9.90 Å². The van der Waals surface area contributed by atoms with E-state index in [-0.39, 0.29) is 30.1 Å². The van der Waals surface area contributed by atoms with Crippen LogP contribution in [-0.2, 0) is 4.79 Å². The van der Waals surface area contributed by atoms with Gasteiger partial charge in [0.25, 0.3) is 0 Å². The van der Waals surface area contributed by atoms with Gasteiger partial charge in [-0.1, -0.05) is 6.07 Å². The zero-order valence-electron chi connectivity index (χ0n) is 8.99. The number of carbonyl (C=O) groups excluding carboxylic acids is 1. The molecule has 0 unspecified atom stereocenters. The number of anilines is 1. The van der Waals surface area contributed by atoms with Gasteiger partial charge in [-0.3, -0.25) is 4.79 Å². The lowest BCUT2D eigenvalue weighted by molar-refractivity contribution is -0.119. The molecule has 1 aromatic rings. The number of nitrogens with one attached hydrogen (secondary N) is 2. The third-order valence-corrected chi connectivity index (χ3v) is 2.55. The Hall–Kier alpha value is -1.26. The van der Waals surface area contributed by atoms with Crippen LogP contribution < -0.4 is 10.6 Å². The second kappa shape index (κ2) is 5.18. The molecule has 16 heavy (non-hydrogen) atoms. The predicted octanol–water partition coefficient (Wildman–Crippen LogP) is 1.42. The molecule has 1 amide bonds. The Morgan fingerprint density at radius 3 is 2.81 bits per heavy atom. The Bertz CT molecular complexity index is 392. The minimum absolute atomic E-state index is 0. The maximum absolute atomic E-state index is 11.6. The number of halogens is 1. The molecule has 0 bridgehead atoms. The molecule has 0 aromatic heterocycles. The molecule has 5 heteroatoms. The smallest absolute Gasteiger partial charge is 0.241 e. The van der Waals surface area contributed by atoms with Crippen LogP contribution >= 0.6 is 12.4 Å². The van der Waals surface area contributed by atoms with Gasteiger partial charge in [0.05, 0.1) is 11.7 Å². The van der Waals surface area contributed by atoms with Gasteiger partial charge in [0.2, 0.25) is 5.91 Å².